The fourth-order valence-corrected chi connectivity index (χ4v) is 3.60. The molecule has 1 unspecified atom stereocenters. The van der Waals surface area contributed by atoms with Crippen molar-refractivity contribution in [3.05, 3.63) is 95.0 Å². The van der Waals surface area contributed by atoms with Crippen LogP contribution >= 0.6 is 11.6 Å². The minimum atomic E-state index is -0.596. The maximum absolute atomic E-state index is 12.8. The highest BCUT2D eigenvalue weighted by Gasteiger charge is 2.31. The van der Waals surface area contributed by atoms with Crippen LogP contribution in [0.5, 0.6) is 5.75 Å². The molecule has 3 aromatic carbocycles. The first kappa shape index (κ1) is 20.7. The Hall–Kier alpha value is -3.57. The van der Waals surface area contributed by atoms with Gasteiger partial charge in [0.15, 0.2) is 6.10 Å². The third-order valence-corrected chi connectivity index (χ3v) is 5.13. The summed E-state index contributed by atoms with van der Waals surface area (Å²) < 4.78 is 5.76. The molecule has 0 aromatic heterocycles. The monoisotopic (exact) mass is 432 g/mol. The van der Waals surface area contributed by atoms with Crippen LogP contribution in [0.2, 0.25) is 5.02 Å². The lowest BCUT2D eigenvalue weighted by Crippen LogP contribution is -2.44. The molecule has 0 aliphatic carbocycles. The minimum Gasteiger partial charge on any atom is -0.479 e. The van der Waals surface area contributed by atoms with Crippen molar-refractivity contribution in [2.45, 2.75) is 19.6 Å². The number of anilines is 2. The number of fused-ring (bicyclic) bond motifs is 1. The van der Waals surface area contributed by atoms with Crippen LogP contribution in [-0.4, -0.2) is 17.9 Å². The average Bonchev–Trinajstić information content (AvgIpc) is 2.77. The molecule has 5 nitrogen and oxygen atoms in total. The van der Waals surface area contributed by atoms with E-state index in [1.807, 2.05) is 48.5 Å². The van der Waals surface area contributed by atoms with Crippen molar-refractivity contribution in [2.24, 2.45) is 0 Å². The van der Waals surface area contributed by atoms with E-state index in [0.717, 1.165) is 11.1 Å². The van der Waals surface area contributed by atoms with Crippen LogP contribution in [0.1, 0.15) is 18.1 Å². The van der Waals surface area contributed by atoms with Crippen LogP contribution < -0.4 is 15.0 Å². The molecule has 1 heterocycles. The van der Waals surface area contributed by atoms with Crippen molar-refractivity contribution in [1.82, 2.24) is 0 Å². The van der Waals surface area contributed by atoms with Crippen LogP contribution in [-0.2, 0) is 16.1 Å². The summed E-state index contributed by atoms with van der Waals surface area (Å²) in [5.41, 5.74) is 3.02. The largest absolute Gasteiger partial charge is 0.479 e. The highest BCUT2D eigenvalue weighted by atomic mass is 35.5. The predicted octanol–water partition coefficient (Wildman–Crippen LogP) is 5.31. The quantitative estimate of drug-likeness (QED) is 0.556. The normalized spacial score (nSPS) is 15.5. The van der Waals surface area contributed by atoms with Crippen LogP contribution in [0.15, 0.2) is 78.9 Å². The fraction of sp³-hybridized carbons (Fsp3) is 0.120. The van der Waals surface area contributed by atoms with E-state index >= 15 is 0 Å². The van der Waals surface area contributed by atoms with Crippen molar-refractivity contribution in [3.8, 4) is 5.75 Å². The summed E-state index contributed by atoms with van der Waals surface area (Å²) >= 11 is 6.10. The highest BCUT2D eigenvalue weighted by molar-refractivity contribution is 6.30. The van der Waals surface area contributed by atoms with Gasteiger partial charge in [0.1, 0.15) is 5.75 Å². The topological polar surface area (TPSA) is 58.6 Å². The fourth-order valence-electron chi connectivity index (χ4n) is 3.39. The van der Waals surface area contributed by atoms with E-state index in [0.29, 0.717) is 28.7 Å². The standard InChI is InChI=1S/C25H21ClN2O3/c1-17-25(30)28(16-19-8-5-9-20(26)14-19)22-15-21(11-12-23(22)31-17)27-24(29)13-10-18-6-3-2-4-7-18/h2-15,17H,16H2,1H3,(H,27,29)/b13-10+. The number of carbonyl (C=O) groups is 2. The second kappa shape index (κ2) is 9.06. The molecule has 6 heteroatoms. The molecule has 1 N–H and O–H groups in total. The average molecular weight is 433 g/mol. The first-order chi connectivity index (χ1) is 15.0. The maximum Gasteiger partial charge on any atom is 0.268 e. The molecule has 0 fully saturated rings. The number of nitrogens with one attached hydrogen (secondary N) is 1. The Balaban J connectivity index is 1.56. The van der Waals surface area contributed by atoms with E-state index in [1.54, 1.807) is 42.2 Å². The molecule has 4 rings (SSSR count). The van der Waals surface area contributed by atoms with E-state index in [2.05, 4.69) is 5.32 Å². The Morgan fingerprint density at radius 2 is 1.90 bits per heavy atom. The first-order valence-electron chi connectivity index (χ1n) is 9.90. The van der Waals surface area contributed by atoms with Crippen molar-refractivity contribution >= 4 is 40.9 Å². The molecule has 156 valence electrons. The van der Waals surface area contributed by atoms with E-state index in [4.69, 9.17) is 16.3 Å². The van der Waals surface area contributed by atoms with Crippen molar-refractivity contribution in [1.29, 1.82) is 0 Å². The molecule has 2 amide bonds. The van der Waals surface area contributed by atoms with E-state index in [-0.39, 0.29) is 11.8 Å². The van der Waals surface area contributed by atoms with Gasteiger partial charge < -0.3 is 15.0 Å². The molecule has 1 atom stereocenters. The van der Waals surface area contributed by atoms with Crippen molar-refractivity contribution in [2.75, 3.05) is 10.2 Å². The Morgan fingerprint density at radius 3 is 2.68 bits per heavy atom. The lowest BCUT2D eigenvalue weighted by Gasteiger charge is -2.33. The van der Waals surface area contributed by atoms with Gasteiger partial charge in [-0.3, -0.25) is 9.59 Å². The highest BCUT2D eigenvalue weighted by Crippen LogP contribution is 2.37. The van der Waals surface area contributed by atoms with Gasteiger partial charge in [-0.15, -0.1) is 0 Å². The lowest BCUT2D eigenvalue weighted by molar-refractivity contribution is -0.125. The number of carbonyl (C=O) groups excluding carboxylic acids is 2. The van der Waals surface area contributed by atoms with Gasteiger partial charge in [0.05, 0.1) is 12.2 Å². The third kappa shape index (κ3) is 4.95. The lowest BCUT2D eigenvalue weighted by atomic mass is 10.1. The summed E-state index contributed by atoms with van der Waals surface area (Å²) in [6, 6.07) is 22.2. The van der Waals surface area contributed by atoms with Gasteiger partial charge in [0.25, 0.3) is 5.91 Å². The molecule has 1 aliphatic heterocycles. The summed E-state index contributed by atoms with van der Waals surface area (Å²) in [5, 5.41) is 3.45. The molecular weight excluding hydrogens is 412 g/mol. The van der Waals surface area contributed by atoms with Crippen molar-refractivity contribution in [3.63, 3.8) is 0 Å². The van der Waals surface area contributed by atoms with E-state index in [9.17, 15) is 9.59 Å². The maximum atomic E-state index is 12.8. The number of hydrogen-bond donors (Lipinski definition) is 1. The Bertz CT molecular complexity index is 1140. The van der Waals surface area contributed by atoms with Gasteiger partial charge in [-0.1, -0.05) is 54.1 Å². The van der Waals surface area contributed by atoms with Gasteiger partial charge >= 0.3 is 0 Å². The van der Waals surface area contributed by atoms with Crippen LogP contribution in [0.4, 0.5) is 11.4 Å². The number of nitrogens with zero attached hydrogens (tertiary/aromatic N) is 1. The number of hydrogen-bond acceptors (Lipinski definition) is 3. The molecule has 0 saturated heterocycles. The summed E-state index contributed by atoms with van der Waals surface area (Å²) in [7, 11) is 0. The molecule has 1 aliphatic rings. The van der Waals surface area contributed by atoms with Crippen LogP contribution in [0.3, 0.4) is 0 Å². The smallest absolute Gasteiger partial charge is 0.268 e. The summed E-state index contributed by atoms with van der Waals surface area (Å²) in [6.45, 7) is 2.08. The number of ether oxygens (including phenoxy) is 1. The number of halogens is 1. The number of rotatable bonds is 5. The second-order valence-electron chi connectivity index (χ2n) is 7.23. The molecule has 31 heavy (non-hydrogen) atoms. The number of amides is 2. The zero-order valence-corrected chi connectivity index (χ0v) is 17.7. The minimum absolute atomic E-state index is 0.153. The Kier molecular flexibility index (Phi) is 6.05. The Labute approximate surface area is 185 Å². The molecule has 3 aromatic rings. The van der Waals surface area contributed by atoms with Gasteiger partial charge in [-0.25, -0.2) is 0 Å². The number of benzene rings is 3. The van der Waals surface area contributed by atoms with Gasteiger partial charge in [-0.05, 0) is 54.5 Å². The molecule has 0 spiro atoms. The third-order valence-electron chi connectivity index (χ3n) is 4.89. The molecular formula is C25H21ClN2O3. The van der Waals surface area contributed by atoms with E-state index < -0.39 is 6.10 Å². The van der Waals surface area contributed by atoms with Crippen molar-refractivity contribution < 1.29 is 14.3 Å². The molecule has 0 bridgehead atoms. The van der Waals surface area contributed by atoms with Gasteiger partial charge in [0, 0.05) is 16.8 Å². The summed E-state index contributed by atoms with van der Waals surface area (Å²) in [5.74, 6) is 0.175. The van der Waals surface area contributed by atoms with Crippen LogP contribution in [0, 0.1) is 0 Å². The Morgan fingerprint density at radius 1 is 1.10 bits per heavy atom. The zero-order chi connectivity index (χ0) is 21.8. The predicted molar refractivity (Wildman–Crippen MR) is 123 cm³/mol. The SMILES string of the molecule is CC1Oc2ccc(NC(=O)/C=C/c3ccccc3)cc2N(Cc2cccc(Cl)c2)C1=O. The second-order valence-corrected chi connectivity index (χ2v) is 7.67. The molecule has 0 radical (unpaired) electrons. The summed E-state index contributed by atoms with van der Waals surface area (Å²) in [4.78, 5) is 26.9. The van der Waals surface area contributed by atoms with E-state index in [1.165, 1.54) is 6.08 Å². The summed E-state index contributed by atoms with van der Waals surface area (Å²) in [6.07, 6.45) is 2.62. The first-order valence-corrected chi connectivity index (χ1v) is 10.3. The molecule has 0 saturated carbocycles. The zero-order valence-electron chi connectivity index (χ0n) is 16.9. The van der Waals surface area contributed by atoms with Gasteiger partial charge in [-0.2, -0.15) is 0 Å². The van der Waals surface area contributed by atoms with Crippen LogP contribution in [0.25, 0.3) is 6.08 Å². The van der Waals surface area contributed by atoms with Gasteiger partial charge in [0.2, 0.25) is 5.91 Å².